The van der Waals surface area contributed by atoms with Gasteiger partial charge in [-0.2, -0.15) is 10.2 Å². The molecule has 4 heterocycles. The van der Waals surface area contributed by atoms with Crippen molar-refractivity contribution in [2.75, 3.05) is 13.2 Å². The molecule has 0 amide bonds. The monoisotopic (exact) mass is 888 g/mol. The predicted molar refractivity (Wildman–Crippen MR) is 187 cm³/mol. The molecule has 8 nitrogen and oxygen atoms in total. The van der Waals surface area contributed by atoms with Crippen molar-refractivity contribution in [3.05, 3.63) is 49.1 Å². The van der Waals surface area contributed by atoms with Gasteiger partial charge in [0.25, 0.3) is 0 Å². The van der Waals surface area contributed by atoms with Crippen LogP contribution in [0.5, 0.6) is 5.75 Å². The molecule has 45 heavy (non-hydrogen) atoms. The molecule has 2 aromatic carbocycles. The molecule has 4 aromatic rings. The number of aromatic nitrogens is 4. The molecular formula is C31H44BrCl4CsN4O4. The Kier molecular flexibility index (Phi) is 20.8. The second kappa shape index (κ2) is 20.4. The van der Waals surface area contributed by atoms with E-state index in [-0.39, 0.29) is 112 Å². The van der Waals surface area contributed by atoms with Crippen molar-refractivity contribution in [1.82, 2.24) is 19.6 Å². The van der Waals surface area contributed by atoms with E-state index in [1.54, 1.807) is 23.1 Å². The molecule has 0 saturated carbocycles. The minimum absolute atomic E-state index is 0. The minimum Gasteiger partial charge on any atom is -0.870 e. The first-order valence-electron chi connectivity index (χ1n) is 13.6. The van der Waals surface area contributed by atoms with Gasteiger partial charge in [-0.25, -0.2) is 9.36 Å². The maximum atomic E-state index is 9.94. The zero-order chi connectivity index (χ0) is 29.9. The molecule has 0 aliphatic carbocycles. The van der Waals surface area contributed by atoms with Crippen molar-refractivity contribution in [3.63, 3.8) is 0 Å². The number of halogens is 5. The molecule has 2 N–H and O–H groups in total. The van der Waals surface area contributed by atoms with Gasteiger partial charge in [0.2, 0.25) is 0 Å². The predicted octanol–water partition coefficient (Wildman–Crippen LogP) is 8.70. The molecule has 2 saturated heterocycles. The zero-order valence-corrected chi connectivity index (χ0v) is 35.9. The van der Waals surface area contributed by atoms with Crippen LogP contribution in [0.2, 0.25) is 20.1 Å². The van der Waals surface area contributed by atoms with Crippen LogP contribution in [0.15, 0.2) is 29.0 Å². The number of rotatable bonds is 2. The van der Waals surface area contributed by atoms with Crippen LogP contribution in [-0.4, -0.2) is 43.4 Å². The molecule has 6 rings (SSSR count). The Bertz CT molecular complexity index is 1390. The summed E-state index contributed by atoms with van der Waals surface area (Å²) in [5.41, 5.74) is 2.19. The average Bonchev–Trinajstić information content (AvgIpc) is 3.56. The normalized spacial score (nSPS) is 17.7. The van der Waals surface area contributed by atoms with E-state index in [2.05, 4.69) is 53.8 Å². The van der Waals surface area contributed by atoms with Crippen LogP contribution < -0.4 is 68.9 Å². The third-order valence-electron chi connectivity index (χ3n) is 6.36. The van der Waals surface area contributed by atoms with Gasteiger partial charge >= 0.3 is 68.9 Å². The van der Waals surface area contributed by atoms with Gasteiger partial charge in [-0.3, -0.25) is 0 Å². The quantitative estimate of drug-likeness (QED) is 0.202. The smallest absolute Gasteiger partial charge is 0.870 e. The Morgan fingerprint density at radius 1 is 0.778 bits per heavy atom. The summed E-state index contributed by atoms with van der Waals surface area (Å²) in [5, 5.41) is 21.7. The maximum absolute atomic E-state index is 9.94. The Morgan fingerprint density at radius 3 is 1.60 bits per heavy atom. The molecule has 2 atom stereocenters. The van der Waals surface area contributed by atoms with Gasteiger partial charge < -0.3 is 20.1 Å². The van der Waals surface area contributed by atoms with Crippen molar-refractivity contribution >= 4 is 84.1 Å². The zero-order valence-electron chi connectivity index (χ0n) is 25.0. The van der Waals surface area contributed by atoms with Gasteiger partial charge in [0.1, 0.15) is 10.8 Å². The van der Waals surface area contributed by atoms with Gasteiger partial charge in [-0.1, -0.05) is 89.0 Å². The van der Waals surface area contributed by atoms with Gasteiger partial charge in [0, 0.05) is 23.1 Å². The molecule has 2 unspecified atom stereocenters. The van der Waals surface area contributed by atoms with Gasteiger partial charge in [-0.15, -0.1) is 0 Å². The van der Waals surface area contributed by atoms with Crippen molar-refractivity contribution in [3.8, 4) is 5.75 Å². The number of aromatic hydroxyl groups is 1. The molecule has 2 aliphatic heterocycles. The van der Waals surface area contributed by atoms with E-state index in [4.69, 9.17) is 55.9 Å². The summed E-state index contributed by atoms with van der Waals surface area (Å²) in [6.45, 7) is 10.3. The fourth-order valence-corrected chi connectivity index (χ4v) is 5.83. The molecule has 0 bridgehead atoms. The van der Waals surface area contributed by atoms with Crippen molar-refractivity contribution in [1.29, 1.82) is 0 Å². The summed E-state index contributed by atoms with van der Waals surface area (Å²) in [5.74, 6) is -0.0266. The Labute approximate surface area is 354 Å². The van der Waals surface area contributed by atoms with Gasteiger partial charge in [-0.05, 0) is 72.0 Å². The third kappa shape index (κ3) is 11.9. The van der Waals surface area contributed by atoms with Crippen LogP contribution >= 0.6 is 62.3 Å². The Balaban J connectivity index is 0.000000696. The summed E-state index contributed by atoms with van der Waals surface area (Å²) in [7, 11) is 0. The SMILES string of the molecule is C.C.CC(C)(C)C.Clc1cc2c(cnn2C2CCCCO2)c(Br)c1Cl.Oc1c(Cl)c(Cl)cc2c1cnn2C1CCCCO1.[Cs+].[OH-]. The standard InChI is InChI=1S/C12H11BrCl2N2O.C12H12Cl2N2O2.C5H12.2CH4.Cs.H2O/c13-11-7-6-16-17(10-3-1-2-4-18-10)9(7)5-8(14)12(11)15;13-8-5-9-7(12(17)11(8)14)6-15-16(9)10-3-1-2-4-18-10;1-5(2,3)4;;;;/h5-6,10H,1-4H2;5-6,10,17H,1-4H2;1-4H3;2*1H4;;1H2/q;;;;;+1;/p-1. The molecule has 2 aromatic heterocycles. The minimum atomic E-state index is -0.0899. The molecule has 14 heteroatoms. The third-order valence-corrected chi connectivity index (χ3v) is 8.98. The second-order valence-corrected chi connectivity index (χ2v) is 14.1. The number of phenols is 1. The number of hydrogen-bond acceptors (Lipinski definition) is 6. The number of fused-ring (bicyclic) bond motifs is 2. The average molecular weight is 891 g/mol. The van der Waals surface area contributed by atoms with E-state index < -0.39 is 0 Å². The summed E-state index contributed by atoms with van der Waals surface area (Å²) < 4.78 is 15.9. The van der Waals surface area contributed by atoms with E-state index in [1.807, 2.05) is 10.7 Å². The molecule has 0 spiro atoms. The van der Waals surface area contributed by atoms with E-state index in [9.17, 15) is 5.11 Å². The molecular weight excluding hydrogens is 847 g/mol. The van der Waals surface area contributed by atoms with Crippen LogP contribution in [0.1, 0.15) is 93.5 Å². The van der Waals surface area contributed by atoms with Gasteiger partial charge in [0.05, 0.1) is 43.9 Å². The summed E-state index contributed by atoms with van der Waals surface area (Å²) in [4.78, 5) is 0. The van der Waals surface area contributed by atoms with Crippen LogP contribution in [0, 0.1) is 5.41 Å². The summed E-state index contributed by atoms with van der Waals surface area (Å²) >= 11 is 27.6. The van der Waals surface area contributed by atoms with E-state index in [1.165, 1.54) is 0 Å². The topological polar surface area (TPSA) is 104 Å². The first kappa shape index (κ1) is 45.8. The number of nitrogens with zero attached hydrogens (tertiary/aromatic N) is 4. The first-order chi connectivity index (χ1) is 19.4. The summed E-state index contributed by atoms with van der Waals surface area (Å²) in [6.07, 6.45) is 9.65. The van der Waals surface area contributed by atoms with Crippen LogP contribution in [0.4, 0.5) is 0 Å². The van der Waals surface area contributed by atoms with E-state index in [0.717, 1.165) is 72.6 Å². The van der Waals surface area contributed by atoms with Crippen LogP contribution in [0.25, 0.3) is 21.8 Å². The molecule has 0 radical (unpaired) electrons. The Hall–Kier alpha value is 0.752. The van der Waals surface area contributed by atoms with Crippen molar-refractivity contribution in [2.45, 2.75) is 93.5 Å². The van der Waals surface area contributed by atoms with E-state index >= 15 is 0 Å². The van der Waals surface area contributed by atoms with Gasteiger partial charge in [0.15, 0.2) is 12.5 Å². The van der Waals surface area contributed by atoms with Crippen molar-refractivity contribution < 1.29 is 89.0 Å². The number of phenolic OH excluding ortho intramolecular Hbond substituents is 1. The largest absolute Gasteiger partial charge is 1.00 e. The number of benzene rings is 2. The molecule has 248 valence electrons. The Morgan fingerprint density at radius 2 is 1.18 bits per heavy atom. The number of ether oxygens (including phenoxy) is 2. The fourth-order valence-electron chi connectivity index (χ4n) is 4.50. The molecule has 2 aliphatic rings. The summed E-state index contributed by atoms with van der Waals surface area (Å²) in [6, 6.07) is 3.55. The van der Waals surface area contributed by atoms with E-state index in [0.29, 0.717) is 25.9 Å². The first-order valence-corrected chi connectivity index (χ1v) is 16.0. The van der Waals surface area contributed by atoms with Crippen molar-refractivity contribution in [2.24, 2.45) is 5.41 Å². The number of hydrogen-bond donors (Lipinski definition) is 1. The molecule has 2 fully saturated rings. The second-order valence-electron chi connectivity index (χ2n) is 11.7. The maximum Gasteiger partial charge on any atom is 1.00 e. The van der Waals surface area contributed by atoms with Crippen LogP contribution in [-0.2, 0) is 9.47 Å². The fraction of sp³-hybridized carbons (Fsp3) is 0.548. The van der Waals surface area contributed by atoms with Crippen LogP contribution in [0.3, 0.4) is 0 Å².